The molecule has 0 saturated carbocycles. The number of nitrogens with zero attached hydrogens (tertiary/aromatic N) is 3. The van der Waals surface area contributed by atoms with Crippen molar-refractivity contribution in [2.24, 2.45) is 5.92 Å². The molecule has 1 amide bonds. The Hall–Kier alpha value is -2.97. The average Bonchev–Trinajstić information content (AvgIpc) is 2.84. The molecular formula is C24H30N4O4. The maximum Gasteiger partial charge on any atom is 0.292 e. The summed E-state index contributed by atoms with van der Waals surface area (Å²) in [5, 5.41) is 14.3. The predicted molar refractivity (Wildman–Crippen MR) is 124 cm³/mol. The number of nitro groups is 1. The summed E-state index contributed by atoms with van der Waals surface area (Å²) in [6, 6.07) is 14.9. The molecule has 0 aliphatic carbocycles. The SMILES string of the molecule is O=C(Nc1ccc(CCN2CCOCC2)cc1)C1CCN(c2ccccc2[N+](=O)[O-])CC1. The number of carbonyl (C=O) groups is 1. The summed E-state index contributed by atoms with van der Waals surface area (Å²) in [5.41, 5.74) is 2.81. The zero-order chi connectivity index (χ0) is 22.3. The van der Waals surface area contributed by atoms with Crippen molar-refractivity contribution < 1.29 is 14.5 Å². The molecule has 1 N–H and O–H groups in total. The summed E-state index contributed by atoms with van der Waals surface area (Å²) in [7, 11) is 0. The van der Waals surface area contributed by atoms with Crippen LogP contribution in [0.3, 0.4) is 0 Å². The lowest BCUT2D eigenvalue weighted by Crippen LogP contribution is -2.38. The molecule has 2 saturated heterocycles. The third-order valence-corrected chi connectivity index (χ3v) is 6.33. The lowest BCUT2D eigenvalue weighted by atomic mass is 9.95. The number of para-hydroxylation sites is 2. The summed E-state index contributed by atoms with van der Waals surface area (Å²) >= 11 is 0. The number of hydrogen-bond donors (Lipinski definition) is 1. The number of ether oxygens (including phenoxy) is 1. The van der Waals surface area contributed by atoms with Crippen molar-refractivity contribution in [3.63, 3.8) is 0 Å². The lowest BCUT2D eigenvalue weighted by molar-refractivity contribution is -0.384. The molecule has 2 aliphatic heterocycles. The summed E-state index contributed by atoms with van der Waals surface area (Å²) in [4.78, 5) is 28.1. The molecule has 0 aromatic heterocycles. The van der Waals surface area contributed by atoms with E-state index in [1.807, 2.05) is 23.1 Å². The van der Waals surface area contributed by atoms with Gasteiger partial charge in [0.2, 0.25) is 5.91 Å². The molecule has 32 heavy (non-hydrogen) atoms. The van der Waals surface area contributed by atoms with Crippen molar-refractivity contribution in [1.82, 2.24) is 4.90 Å². The Kier molecular flexibility index (Phi) is 7.34. The summed E-state index contributed by atoms with van der Waals surface area (Å²) in [5.74, 6) is -0.0664. The van der Waals surface area contributed by atoms with Gasteiger partial charge in [0.05, 0.1) is 18.1 Å². The smallest absolute Gasteiger partial charge is 0.292 e. The van der Waals surface area contributed by atoms with Gasteiger partial charge >= 0.3 is 0 Å². The first-order chi connectivity index (χ1) is 15.6. The fourth-order valence-electron chi connectivity index (χ4n) is 4.38. The number of rotatable bonds is 7. The Morgan fingerprint density at radius 2 is 1.72 bits per heavy atom. The Bertz CT molecular complexity index is 920. The zero-order valence-electron chi connectivity index (χ0n) is 18.2. The molecule has 2 heterocycles. The summed E-state index contributed by atoms with van der Waals surface area (Å²) < 4.78 is 5.39. The highest BCUT2D eigenvalue weighted by atomic mass is 16.6. The van der Waals surface area contributed by atoms with Crippen LogP contribution in [0, 0.1) is 16.0 Å². The van der Waals surface area contributed by atoms with Gasteiger partial charge in [0.1, 0.15) is 5.69 Å². The summed E-state index contributed by atoms with van der Waals surface area (Å²) in [6.45, 7) is 5.88. The Morgan fingerprint density at radius 3 is 2.41 bits per heavy atom. The number of nitrogens with one attached hydrogen (secondary N) is 1. The molecule has 170 valence electrons. The Balaban J connectivity index is 1.25. The minimum atomic E-state index is -0.348. The van der Waals surface area contributed by atoms with Crippen molar-refractivity contribution in [2.75, 3.05) is 56.2 Å². The number of nitro benzene ring substituents is 1. The first kappa shape index (κ1) is 22.2. The van der Waals surface area contributed by atoms with E-state index in [2.05, 4.69) is 22.3 Å². The molecule has 2 aliphatic rings. The largest absolute Gasteiger partial charge is 0.379 e. The van der Waals surface area contributed by atoms with Gasteiger partial charge in [-0.05, 0) is 43.0 Å². The quantitative estimate of drug-likeness (QED) is 0.527. The third kappa shape index (κ3) is 5.63. The molecule has 8 heteroatoms. The third-order valence-electron chi connectivity index (χ3n) is 6.33. The van der Waals surface area contributed by atoms with E-state index in [9.17, 15) is 14.9 Å². The van der Waals surface area contributed by atoms with E-state index in [0.717, 1.165) is 45.0 Å². The van der Waals surface area contributed by atoms with Gasteiger partial charge in [-0.3, -0.25) is 19.8 Å². The molecule has 0 atom stereocenters. The second-order valence-electron chi connectivity index (χ2n) is 8.40. The molecule has 2 aromatic carbocycles. The normalized spacial score (nSPS) is 17.8. The van der Waals surface area contributed by atoms with Crippen LogP contribution >= 0.6 is 0 Å². The van der Waals surface area contributed by atoms with Gasteiger partial charge in [0, 0.05) is 50.4 Å². The molecule has 0 radical (unpaired) electrons. The second kappa shape index (κ2) is 10.6. The van der Waals surface area contributed by atoms with Crippen LogP contribution in [-0.2, 0) is 16.0 Å². The number of hydrogen-bond acceptors (Lipinski definition) is 6. The van der Waals surface area contributed by atoms with Gasteiger partial charge < -0.3 is 15.0 Å². The number of anilines is 2. The molecule has 0 bridgehead atoms. The topological polar surface area (TPSA) is 88.0 Å². The van der Waals surface area contributed by atoms with Gasteiger partial charge in [-0.2, -0.15) is 0 Å². The first-order valence-corrected chi connectivity index (χ1v) is 11.3. The minimum Gasteiger partial charge on any atom is -0.379 e. The van der Waals surface area contributed by atoms with E-state index in [4.69, 9.17) is 4.74 Å². The van der Waals surface area contributed by atoms with E-state index in [1.165, 1.54) is 11.6 Å². The number of amides is 1. The molecule has 0 spiro atoms. The number of piperidine rings is 1. The van der Waals surface area contributed by atoms with Gasteiger partial charge in [0.15, 0.2) is 0 Å². The molecule has 2 aromatic rings. The highest BCUT2D eigenvalue weighted by molar-refractivity contribution is 5.92. The molecular weight excluding hydrogens is 408 g/mol. The van der Waals surface area contributed by atoms with E-state index < -0.39 is 0 Å². The molecule has 4 rings (SSSR count). The van der Waals surface area contributed by atoms with Crippen LogP contribution in [0.2, 0.25) is 0 Å². The molecule has 0 unspecified atom stereocenters. The number of carbonyl (C=O) groups excluding carboxylic acids is 1. The highest BCUT2D eigenvalue weighted by Gasteiger charge is 2.28. The molecule has 2 fully saturated rings. The minimum absolute atomic E-state index is 0.0216. The maximum absolute atomic E-state index is 12.7. The van der Waals surface area contributed by atoms with E-state index in [-0.39, 0.29) is 22.4 Å². The number of morpholine rings is 1. The average molecular weight is 439 g/mol. The van der Waals surface area contributed by atoms with Crippen molar-refractivity contribution >= 4 is 23.0 Å². The second-order valence-corrected chi connectivity index (χ2v) is 8.40. The van der Waals surface area contributed by atoms with Crippen LogP contribution in [0.25, 0.3) is 0 Å². The van der Waals surface area contributed by atoms with Gasteiger partial charge in [-0.25, -0.2) is 0 Å². The van der Waals surface area contributed by atoms with Crippen molar-refractivity contribution in [1.29, 1.82) is 0 Å². The van der Waals surface area contributed by atoms with Crippen LogP contribution in [-0.4, -0.2) is 61.7 Å². The van der Waals surface area contributed by atoms with Crippen LogP contribution in [0.5, 0.6) is 0 Å². The lowest BCUT2D eigenvalue weighted by Gasteiger charge is -2.32. The van der Waals surface area contributed by atoms with Crippen LogP contribution in [0.1, 0.15) is 18.4 Å². The van der Waals surface area contributed by atoms with Crippen molar-refractivity contribution in [3.05, 3.63) is 64.2 Å². The predicted octanol–water partition coefficient (Wildman–Crippen LogP) is 3.32. The van der Waals surface area contributed by atoms with Crippen LogP contribution in [0.15, 0.2) is 48.5 Å². The summed E-state index contributed by atoms with van der Waals surface area (Å²) in [6.07, 6.45) is 2.34. The maximum atomic E-state index is 12.7. The Morgan fingerprint density at radius 1 is 1.03 bits per heavy atom. The Labute approximate surface area is 188 Å². The van der Waals surface area contributed by atoms with E-state index in [0.29, 0.717) is 31.6 Å². The van der Waals surface area contributed by atoms with Gasteiger partial charge in [-0.1, -0.05) is 24.3 Å². The number of benzene rings is 2. The standard InChI is InChI=1S/C24H30N4O4/c29-24(20-10-13-27(14-11-20)22-3-1-2-4-23(22)28(30)31)25-21-7-5-19(6-8-21)9-12-26-15-17-32-18-16-26/h1-8,20H,9-18H2,(H,25,29). The zero-order valence-corrected chi connectivity index (χ0v) is 18.2. The van der Waals surface area contributed by atoms with E-state index in [1.54, 1.807) is 12.1 Å². The molecule has 8 nitrogen and oxygen atoms in total. The monoisotopic (exact) mass is 438 g/mol. The van der Waals surface area contributed by atoms with E-state index >= 15 is 0 Å². The van der Waals surface area contributed by atoms with Gasteiger partial charge in [-0.15, -0.1) is 0 Å². The van der Waals surface area contributed by atoms with Crippen LogP contribution < -0.4 is 10.2 Å². The first-order valence-electron chi connectivity index (χ1n) is 11.3. The van der Waals surface area contributed by atoms with Gasteiger partial charge in [0.25, 0.3) is 5.69 Å². The highest BCUT2D eigenvalue weighted by Crippen LogP contribution is 2.31. The van der Waals surface area contributed by atoms with Crippen LogP contribution in [0.4, 0.5) is 17.1 Å². The van der Waals surface area contributed by atoms with Crippen molar-refractivity contribution in [3.8, 4) is 0 Å². The fraction of sp³-hybridized carbons (Fsp3) is 0.458. The van der Waals surface area contributed by atoms with Crippen molar-refractivity contribution in [2.45, 2.75) is 19.3 Å². The fourth-order valence-corrected chi connectivity index (χ4v) is 4.38.